The highest BCUT2D eigenvalue weighted by Gasteiger charge is 2.07. The number of carbonyl (C=O) groups excluding carboxylic acids is 1. The van der Waals surface area contributed by atoms with E-state index in [0.717, 1.165) is 11.4 Å². The quantitative estimate of drug-likeness (QED) is 0.757. The highest BCUT2D eigenvalue weighted by molar-refractivity contribution is 5.95. The molecule has 0 bridgehead atoms. The summed E-state index contributed by atoms with van der Waals surface area (Å²) in [7, 11) is 0. The Hall–Kier alpha value is -3.28. The lowest BCUT2D eigenvalue weighted by atomic mass is 10.2. The number of pyridine rings is 1. The molecule has 0 unspecified atom stereocenters. The second-order valence-electron chi connectivity index (χ2n) is 4.78. The zero-order valence-electron chi connectivity index (χ0n) is 12.3. The minimum Gasteiger partial charge on any atom is -0.346 e. The van der Waals surface area contributed by atoms with Crippen molar-refractivity contribution in [2.24, 2.45) is 0 Å². The first-order chi connectivity index (χ1) is 11.3. The van der Waals surface area contributed by atoms with Gasteiger partial charge in [-0.05, 0) is 36.4 Å². The van der Waals surface area contributed by atoms with E-state index in [0.29, 0.717) is 18.1 Å². The normalized spacial score (nSPS) is 10.1. The third kappa shape index (κ3) is 4.10. The van der Waals surface area contributed by atoms with Crippen molar-refractivity contribution in [3.63, 3.8) is 0 Å². The first kappa shape index (κ1) is 14.6. The Morgan fingerprint density at radius 1 is 0.913 bits per heavy atom. The molecule has 0 saturated carbocycles. The number of nitrogens with zero attached hydrogens (tertiary/aromatic N) is 3. The molecule has 3 rings (SSSR count). The van der Waals surface area contributed by atoms with Crippen LogP contribution in [0.3, 0.4) is 0 Å². The van der Waals surface area contributed by atoms with Crippen LogP contribution >= 0.6 is 0 Å². The van der Waals surface area contributed by atoms with Crippen LogP contribution in [0.4, 0.5) is 11.6 Å². The van der Waals surface area contributed by atoms with Gasteiger partial charge in [0.15, 0.2) is 0 Å². The summed E-state index contributed by atoms with van der Waals surface area (Å²) in [5.74, 6) is 0.326. The molecule has 0 spiro atoms. The Kier molecular flexibility index (Phi) is 4.54. The van der Waals surface area contributed by atoms with Gasteiger partial charge in [0, 0.05) is 29.8 Å². The second-order valence-corrected chi connectivity index (χ2v) is 4.78. The van der Waals surface area contributed by atoms with Crippen LogP contribution in [0.1, 0.15) is 16.1 Å². The van der Waals surface area contributed by atoms with Crippen LogP contribution in [0.15, 0.2) is 67.1 Å². The minimum atomic E-state index is -0.159. The van der Waals surface area contributed by atoms with E-state index in [1.807, 2.05) is 24.3 Å². The van der Waals surface area contributed by atoms with E-state index in [9.17, 15) is 4.79 Å². The Morgan fingerprint density at radius 3 is 2.52 bits per heavy atom. The third-order valence-electron chi connectivity index (χ3n) is 3.10. The van der Waals surface area contributed by atoms with Gasteiger partial charge in [-0.1, -0.05) is 12.1 Å². The van der Waals surface area contributed by atoms with Gasteiger partial charge in [0.1, 0.15) is 0 Å². The van der Waals surface area contributed by atoms with Crippen molar-refractivity contribution in [2.45, 2.75) is 6.54 Å². The van der Waals surface area contributed by atoms with Crippen molar-refractivity contribution < 1.29 is 4.79 Å². The van der Waals surface area contributed by atoms with E-state index < -0.39 is 0 Å². The highest BCUT2D eigenvalue weighted by Crippen LogP contribution is 2.14. The predicted molar refractivity (Wildman–Crippen MR) is 87.2 cm³/mol. The molecule has 2 heterocycles. The van der Waals surface area contributed by atoms with Gasteiger partial charge in [-0.3, -0.25) is 9.78 Å². The van der Waals surface area contributed by atoms with Crippen LogP contribution in [0.2, 0.25) is 0 Å². The topological polar surface area (TPSA) is 79.8 Å². The maximum Gasteiger partial charge on any atom is 0.251 e. The van der Waals surface area contributed by atoms with E-state index >= 15 is 0 Å². The van der Waals surface area contributed by atoms with Crippen LogP contribution in [-0.4, -0.2) is 20.9 Å². The molecule has 0 aliphatic heterocycles. The van der Waals surface area contributed by atoms with Gasteiger partial charge in [-0.2, -0.15) is 0 Å². The van der Waals surface area contributed by atoms with Gasteiger partial charge < -0.3 is 10.6 Å². The summed E-state index contributed by atoms with van der Waals surface area (Å²) < 4.78 is 0. The summed E-state index contributed by atoms with van der Waals surface area (Å²) in [6, 6.07) is 14.5. The first-order valence-corrected chi connectivity index (χ1v) is 7.13. The van der Waals surface area contributed by atoms with E-state index in [4.69, 9.17) is 0 Å². The predicted octanol–water partition coefficient (Wildman–Crippen LogP) is 2.55. The lowest BCUT2D eigenvalue weighted by Crippen LogP contribution is -2.23. The molecule has 114 valence electrons. The summed E-state index contributed by atoms with van der Waals surface area (Å²) in [6.07, 6.45) is 5.00. The molecule has 0 atom stereocenters. The second kappa shape index (κ2) is 7.13. The summed E-state index contributed by atoms with van der Waals surface area (Å²) >= 11 is 0. The monoisotopic (exact) mass is 305 g/mol. The zero-order chi connectivity index (χ0) is 15.9. The third-order valence-corrected chi connectivity index (χ3v) is 3.10. The van der Waals surface area contributed by atoms with Crippen LogP contribution in [0, 0.1) is 0 Å². The Labute approximate surface area is 133 Å². The van der Waals surface area contributed by atoms with Gasteiger partial charge >= 0.3 is 0 Å². The highest BCUT2D eigenvalue weighted by atomic mass is 16.1. The molecule has 1 amide bonds. The molecule has 23 heavy (non-hydrogen) atoms. The smallest absolute Gasteiger partial charge is 0.251 e. The van der Waals surface area contributed by atoms with E-state index in [2.05, 4.69) is 25.6 Å². The summed E-state index contributed by atoms with van der Waals surface area (Å²) in [4.78, 5) is 24.6. The van der Waals surface area contributed by atoms with E-state index in [-0.39, 0.29) is 5.91 Å². The number of hydrogen-bond acceptors (Lipinski definition) is 5. The van der Waals surface area contributed by atoms with Crippen molar-refractivity contribution in [1.29, 1.82) is 0 Å². The fraction of sp³-hybridized carbons (Fsp3) is 0.0588. The molecule has 6 nitrogen and oxygen atoms in total. The number of aromatic nitrogens is 3. The van der Waals surface area contributed by atoms with Gasteiger partial charge in [0.25, 0.3) is 5.91 Å². The van der Waals surface area contributed by atoms with Crippen molar-refractivity contribution in [3.05, 3.63) is 78.4 Å². The number of benzene rings is 1. The standard InChI is InChI=1S/C17H15N5O/c23-16(21-12-15-6-1-2-8-18-15)13-5-3-7-14(11-13)22-17-19-9-4-10-20-17/h1-11H,12H2,(H,21,23)(H,19,20,22). The number of amides is 1. The largest absolute Gasteiger partial charge is 0.346 e. The number of hydrogen-bond donors (Lipinski definition) is 2. The van der Waals surface area contributed by atoms with Crippen LogP contribution in [0.25, 0.3) is 0 Å². The van der Waals surface area contributed by atoms with Gasteiger partial charge in [-0.25, -0.2) is 9.97 Å². The molecule has 0 aliphatic carbocycles. The van der Waals surface area contributed by atoms with Crippen LogP contribution < -0.4 is 10.6 Å². The minimum absolute atomic E-state index is 0.159. The van der Waals surface area contributed by atoms with E-state index in [1.165, 1.54) is 0 Å². The molecule has 3 aromatic rings. The summed E-state index contributed by atoms with van der Waals surface area (Å²) in [6.45, 7) is 0.388. The van der Waals surface area contributed by atoms with Gasteiger partial charge in [0.2, 0.25) is 5.95 Å². The summed E-state index contributed by atoms with van der Waals surface area (Å²) in [5.41, 5.74) is 2.12. The van der Waals surface area contributed by atoms with Crippen molar-refractivity contribution in [3.8, 4) is 0 Å². The fourth-order valence-electron chi connectivity index (χ4n) is 2.01. The van der Waals surface area contributed by atoms with Crippen molar-refractivity contribution in [1.82, 2.24) is 20.3 Å². The number of rotatable bonds is 5. The van der Waals surface area contributed by atoms with Crippen LogP contribution in [-0.2, 0) is 6.54 Å². The lowest BCUT2D eigenvalue weighted by Gasteiger charge is -2.08. The van der Waals surface area contributed by atoms with Crippen LogP contribution in [0.5, 0.6) is 0 Å². The molecule has 0 saturated heterocycles. The maximum absolute atomic E-state index is 12.2. The van der Waals surface area contributed by atoms with Gasteiger partial charge in [-0.15, -0.1) is 0 Å². The summed E-state index contributed by atoms with van der Waals surface area (Å²) in [5, 5.41) is 5.90. The molecular formula is C17H15N5O. The van der Waals surface area contributed by atoms with Gasteiger partial charge in [0.05, 0.1) is 12.2 Å². The maximum atomic E-state index is 12.2. The average Bonchev–Trinajstić information content (AvgIpc) is 2.62. The lowest BCUT2D eigenvalue weighted by molar-refractivity contribution is 0.0950. The SMILES string of the molecule is O=C(NCc1ccccn1)c1cccc(Nc2ncccn2)c1. The number of carbonyl (C=O) groups is 1. The zero-order valence-corrected chi connectivity index (χ0v) is 12.3. The fourth-order valence-corrected chi connectivity index (χ4v) is 2.01. The molecule has 2 aromatic heterocycles. The number of nitrogens with one attached hydrogen (secondary N) is 2. The Bertz CT molecular complexity index is 777. The average molecular weight is 305 g/mol. The molecular weight excluding hydrogens is 290 g/mol. The Morgan fingerprint density at radius 2 is 1.74 bits per heavy atom. The number of anilines is 2. The Balaban J connectivity index is 1.65. The van der Waals surface area contributed by atoms with Crippen molar-refractivity contribution in [2.75, 3.05) is 5.32 Å². The molecule has 6 heteroatoms. The van der Waals surface area contributed by atoms with Crippen molar-refractivity contribution >= 4 is 17.5 Å². The molecule has 2 N–H and O–H groups in total. The molecule has 0 radical (unpaired) electrons. The molecule has 1 aromatic carbocycles. The first-order valence-electron chi connectivity index (χ1n) is 7.13. The van der Waals surface area contributed by atoms with E-state index in [1.54, 1.807) is 42.9 Å². The molecule has 0 aliphatic rings. The molecule has 0 fully saturated rings.